The number of anilines is 3. The summed E-state index contributed by atoms with van der Waals surface area (Å²) in [4.78, 5) is 78.8. The Morgan fingerprint density at radius 1 is 0.833 bits per heavy atom. The van der Waals surface area contributed by atoms with Gasteiger partial charge in [0.25, 0.3) is 17.0 Å². The molecule has 26 heteroatoms. The Labute approximate surface area is 433 Å². The lowest BCUT2D eigenvalue weighted by Gasteiger charge is -2.29. The first-order valence-electron chi connectivity index (χ1n) is 21.7. The highest BCUT2D eigenvalue weighted by Gasteiger charge is 2.31. The summed E-state index contributed by atoms with van der Waals surface area (Å²) in [5.41, 5.74) is 0.666. The van der Waals surface area contributed by atoms with E-state index in [1.165, 1.54) is 91.0 Å². The van der Waals surface area contributed by atoms with Gasteiger partial charge in [0, 0.05) is 64.3 Å². The maximum atomic E-state index is 14.4. The average Bonchev–Trinajstić information content (AvgIpc) is 4.25. The van der Waals surface area contributed by atoms with E-state index in [1.807, 2.05) is 11.0 Å². The smallest absolute Gasteiger partial charge is 0.317 e. The molecule has 10 heterocycles. The highest BCUT2D eigenvalue weighted by molar-refractivity contribution is 7.16. The number of hydrogen-bond acceptors (Lipinski definition) is 19. The zero-order valence-electron chi connectivity index (χ0n) is 37.2. The van der Waals surface area contributed by atoms with Gasteiger partial charge in [-0.05, 0) is 60.1 Å². The van der Waals surface area contributed by atoms with E-state index in [0.29, 0.717) is 58.6 Å². The molecule has 10 rings (SSSR count). The summed E-state index contributed by atoms with van der Waals surface area (Å²) in [6.45, 7) is 2.07. The van der Waals surface area contributed by atoms with E-state index < -0.39 is 35.3 Å². The summed E-state index contributed by atoms with van der Waals surface area (Å²) < 4.78 is 32.3. The van der Waals surface area contributed by atoms with Crippen LogP contribution in [0.15, 0.2) is 116 Å². The molecule has 1 aliphatic rings. The van der Waals surface area contributed by atoms with Gasteiger partial charge >= 0.3 is 11.9 Å². The summed E-state index contributed by atoms with van der Waals surface area (Å²) >= 11 is 22.9. The van der Waals surface area contributed by atoms with Crippen molar-refractivity contribution in [2.45, 2.75) is 32.6 Å². The van der Waals surface area contributed by atoms with Crippen LogP contribution < -0.4 is 31.4 Å². The van der Waals surface area contributed by atoms with Crippen LogP contribution in [0, 0.1) is 0 Å². The molecule has 1 fully saturated rings. The number of furan rings is 1. The van der Waals surface area contributed by atoms with E-state index in [-0.39, 0.29) is 70.3 Å². The van der Waals surface area contributed by atoms with Gasteiger partial charge in [0.2, 0.25) is 11.5 Å². The topological polar surface area (TPSA) is 229 Å². The number of nitrogens with one attached hydrogen (secondary N) is 2. The summed E-state index contributed by atoms with van der Waals surface area (Å²) in [7, 11) is 0. The fourth-order valence-corrected chi connectivity index (χ4v) is 10.5. The molecule has 0 atom stereocenters. The van der Waals surface area contributed by atoms with Crippen LogP contribution in [0.2, 0.25) is 13.8 Å². The molecule has 1 aliphatic heterocycles. The van der Waals surface area contributed by atoms with E-state index in [2.05, 4.69) is 25.1 Å². The Morgan fingerprint density at radius 2 is 1.61 bits per heavy atom. The lowest BCUT2D eigenvalue weighted by molar-refractivity contribution is -0.134. The Hall–Kier alpha value is -7.12. The second-order valence-electron chi connectivity index (χ2n) is 15.8. The van der Waals surface area contributed by atoms with Crippen molar-refractivity contribution in [1.29, 1.82) is 0 Å². The van der Waals surface area contributed by atoms with Crippen LogP contribution in [0.3, 0.4) is 0 Å². The molecule has 0 spiro atoms. The normalized spacial score (nSPS) is 12.6. The van der Waals surface area contributed by atoms with Gasteiger partial charge in [-0.1, -0.05) is 34.8 Å². The molecule has 0 amide bonds. The minimum absolute atomic E-state index is 0.0529. The molecule has 0 unspecified atom stereocenters. The predicted octanol–water partition coefficient (Wildman–Crippen LogP) is 8.34. The van der Waals surface area contributed by atoms with Crippen LogP contribution in [0.4, 0.5) is 17.3 Å². The second kappa shape index (κ2) is 21.3. The average molecular weight is 1090 g/mol. The van der Waals surface area contributed by atoms with Gasteiger partial charge in [0.15, 0.2) is 12.2 Å². The van der Waals surface area contributed by atoms with Crippen LogP contribution in [0.25, 0.3) is 22.6 Å². The highest BCUT2D eigenvalue weighted by Crippen LogP contribution is 2.38. The third-order valence-electron chi connectivity index (χ3n) is 11.2. The monoisotopic (exact) mass is 1090 g/mol. The SMILES string of the molecule is O=C(CCn1c(-c2cc(NCc3ccc(Cl)s3)n(C(=O)c3ccoc3)n2)cc(N2CCOCC2)cc1=O)Oc1c(-c2ccc(Cl)n(Cc3cnsc3)c2=O)nn(C(=O)c2cnco2)c1NCc1ccc(Cl)s1. The van der Waals surface area contributed by atoms with Gasteiger partial charge in [0.05, 0.1) is 77.2 Å². The number of esters is 1. The fourth-order valence-electron chi connectivity index (χ4n) is 7.71. The van der Waals surface area contributed by atoms with Crippen LogP contribution in [0.5, 0.6) is 5.75 Å². The zero-order valence-corrected chi connectivity index (χ0v) is 41.9. The van der Waals surface area contributed by atoms with Crippen LogP contribution >= 0.6 is 69.0 Å². The number of rotatable bonds is 17. The lowest BCUT2D eigenvalue weighted by Crippen LogP contribution is -2.37. The quantitative estimate of drug-likeness (QED) is 0.0645. The lowest BCUT2D eigenvalue weighted by atomic mass is 10.2. The van der Waals surface area contributed by atoms with Gasteiger partial charge in [0.1, 0.15) is 28.6 Å². The van der Waals surface area contributed by atoms with E-state index in [4.69, 9.17) is 58.2 Å². The summed E-state index contributed by atoms with van der Waals surface area (Å²) in [5.74, 6) is -2.50. The van der Waals surface area contributed by atoms with E-state index in [0.717, 1.165) is 20.8 Å². The van der Waals surface area contributed by atoms with Crippen molar-refractivity contribution in [2.24, 2.45) is 0 Å². The Balaban J connectivity index is 1.04. The number of carbonyl (C=O) groups excluding carboxylic acids is 3. The Morgan fingerprint density at radius 3 is 2.29 bits per heavy atom. The molecule has 20 nitrogen and oxygen atoms in total. The van der Waals surface area contributed by atoms with Gasteiger partial charge < -0.3 is 38.4 Å². The molecule has 2 N–H and O–H groups in total. The number of nitrogens with zero attached hydrogens (tertiary/aromatic N) is 9. The molecular weight excluding hydrogens is 1050 g/mol. The maximum Gasteiger partial charge on any atom is 0.317 e. The van der Waals surface area contributed by atoms with E-state index in [1.54, 1.807) is 41.9 Å². The molecule has 0 saturated carbocycles. The Bertz CT molecular complexity index is 3540. The molecular formula is C46H36Cl3N11O9S3. The first-order valence-corrected chi connectivity index (χ1v) is 25.3. The number of halogens is 3. The molecule has 9 aromatic rings. The van der Waals surface area contributed by atoms with Gasteiger partial charge in [-0.2, -0.15) is 19.6 Å². The third-order valence-corrected chi connectivity index (χ3v) is 14.6. The molecule has 9 aromatic heterocycles. The molecule has 0 bridgehead atoms. The van der Waals surface area contributed by atoms with Crippen molar-refractivity contribution < 1.29 is 32.7 Å². The largest absolute Gasteiger partial charge is 0.472 e. The van der Waals surface area contributed by atoms with E-state index in [9.17, 15) is 24.0 Å². The molecule has 0 radical (unpaired) electrons. The van der Waals surface area contributed by atoms with Crippen LogP contribution in [-0.2, 0) is 35.7 Å². The van der Waals surface area contributed by atoms with Crippen LogP contribution in [0.1, 0.15) is 42.7 Å². The first kappa shape index (κ1) is 48.5. The van der Waals surface area contributed by atoms with Gasteiger partial charge in [-0.25, -0.2) is 9.36 Å². The van der Waals surface area contributed by atoms with Gasteiger partial charge in [-0.15, -0.1) is 22.7 Å². The van der Waals surface area contributed by atoms with Crippen molar-refractivity contribution in [2.75, 3.05) is 41.8 Å². The summed E-state index contributed by atoms with van der Waals surface area (Å²) in [5, 5.41) is 17.6. The number of oxazole rings is 1. The van der Waals surface area contributed by atoms with Crippen molar-refractivity contribution in [3.8, 4) is 28.4 Å². The van der Waals surface area contributed by atoms with Crippen molar-refractivity contribution in [3.63, 3.8) is 0 Å². The maximum absolute atomic E-state index is 14.4. The minimum atomic E-state index is -0.878. The minimum Gasteiger partial charge on any atom is -0.472 e. The highest BCUT2D eigenvalue weighted by atomic mass is 35.5. The number of carbonyl (C=O) groups is 3. The van der Waals surface area contributed by atoms with Crippen molar-refractivity contribution >= 4 is 104 Å². The van der Waals surface area contributed by atoms with Gasteiger partial charge in [-0.3, -0.25) is 28.5 Å². The molecule has 0 aliphatic carbocycles. The molecule has 72 heavy (non-hydrogen) atoms. The predicted molar refractivity (Wildman–Crippen MR) is 271 cm³/mol. The number of thiophene rings is 2. The van der Waals surface area contributed by atoms with Crippen LogP contribution in [-0.4, -0.2) is 82.1 Å². The number of morpholine rings is 1. The summed E-state index contributed by atoms with van der Waals surface area (Å²) in [6.07, 6.45) is 6.11. The standard InChI is InChI=1S/C46H36Cl3N11O9S3/c47-35-4-3-31(45(64)58(35)22-26-18-53-70-24-26)41-42(43(52-20-30-2-6-37(49)72-30)60(55-41)46(65)34-21-50-25-68-34)69-40(62)7-9-57-33(15-28(16-39(57)61)56-10-13-66-14-11-56)32-17-38(51-19-29-1-5-36(48)71-29)59(54-32)44(63)27-8-12-67-23-27/h1-6,8,12,15-18,21,23-25,51-52H,7,9-11,13-14,19-20,22H2. The number of hydrogen-bond donors (Lipinski definition) is 2. The molecule has 368 valence electrons. The van der Waals surface area contributed by atoms with Crippen molar-refractivity contribution in [1.82, 2.24) is 38.1 Å². The Kier molecular flexibility index (Phi) is 14.4. The number of ether oxygens (including phenoxy) is 2. The van der Waals surface area contributed by atoms with E-state index >= 15 is 0 Å². The third kappa shape index (κ3) is 10.4. The molecule has 0 aromatic carbocycles. The first-order chi connectivity index (χ1) is 35.0. The fraction of sp³-hybridized carbons (Fsp3) is 0.196. The summed E-state index contributed by atoms with van der Waals surface area (Å²) in [6, 6.07) is 16.4. The number of pyridine rings is 2. The van der Waals surface area contributed by atoms with Crippen molar-refractivity contribution in [3.05, 3.63) is 159 Å². The molecule has 1 saturated heterocycles. The zero-order chi connectivity index (χ0) is 49.9. The number of aromatic nitrogens is 8. The second-order valence-corrected chi connectivity index (χ2v) is 20.4.